The van der Waals surface area contributed by atoms with Crippen molar-refractivity contribution in [1.29, 1.82) is 5.26 Å². The maximum Gasteiger partial charge on any atom is 0.513 e. The summed E-state index contributed by atoms with van der Waals surface area (Å²) in [6.07, 6.45) is 8.09. The van der Waals surface area contributed by atoms with E-state index in [0.29, 0.717) is 44.6 Å². The van der Waals surface area contributed by atoms with Gasteiger partial charge in [0.1, 0.15) is 12.4 Å². The molecule has 1 aromatic heterocycles. The molecule has 2 aromatic rings. The quantitative estimate of drug-likeness (QED) is 0.0555. The van der Waals surface area contributed by atoms with Gasteiger partial charge in [-0.3, -0.25) is 0 Å². The average molecular weight is 629 g/mol. The number of methoxy groups -OCH3 is 1. The van der Waals surface area contributed by atoms with Crippen molar-refractivity contribution < 1.29 is 50.2 Å². The number of hydrogen-bond acceptors (Lipinski definition) is 9. The number of carbonyl (C=O) groups excluding carboxylic acids is 1. The molecule has 12 nitrogen and oxygen atoms in total. The summed E-state index contributed by atoms with van der Waals surface area (Å²) in [5.41, 5.74) is 6.81. The van der Waals surface area contributed by atoms with Gasteiger partial charge in [0.2, 0.25) is 12.2 Å². The van der Waals surface area contributed by atoms with Crippen LogP contribution in [0.3, 0.4) is 0 Å². The second-order valence-electron chi connectivity index (χ2n) is 8.60. The van der Waals surface area contributed by atoms with E-state index in [0.717, 1.165) is 37.1 Å². The highest BCUT2D eigenvalue weighted by atomic mass is 35.5. The predicted octanol–water partition coefficient (Wildman–Crippen LogP) is 0.663. The summed E-state index contributed by atoms with van der Waals surface area (Å²) in [6, 6.07) is 10.9. The van der Waals surface area contributed by atoms with E-state index in [-0.39, 0.29) is 38.3 Å². The largest absolute Gasteiger partial charge is 1.00 e. The zero-order valence-corrected chi connectivity index (χ0v) is 25.3. The maximum absolute atomic E-state index is 11.8. The Morgan fingerprint density at radius 3 is 2.24 bits per heavy atom. The minimum Gasteiger partial charge on any atom is -1.00 e. The van der Waals surface area contributed by atoms with Gasteiger partial charge in [-0.1, -0.05) is 24.4 Å². The molecule has 1 heterocycles. The van der Waals surface area contributed by atoms with Gasteiger partial charge in [0.05, 0.1) is 45.3 Å². The predicted molar refractivity (Wildman–Crippen MR) is 153 cm³/mol. The van der Waals surface area contributed by atoms with Gasteiger partial charge in [0, 0.05) is 30.8 Å². The number of hydrogen-bond donors (Lipinski definition) is 1. The molecule has 232 valence electrons. The van der Waals surface area contributed by atoms with E-state index in [1.165, 1.54) is 0 Å². The molecule has 0 saturated carbocycles. The molecule has 42 heavy (non-hydrogen) atoms. The van der Waals surface area contributed by atoms with E-state index in [1.807, 2.05) is 12.1 Å². The number of unbranched alkanes of at least 4 members (excludes halogenated alkanes) is 3. The zero-order valence-electron chi connectivity index (χ0n) is 23.8. The highest BCUT2D eigenvalue weighted by Crippen LogP contribution is 2.17. The van der Waals surface area contributed by atoms with Crippen LogP contribution in [0.2, 0.25) is 5.02 Å². The molecule has 0 aliphatic heterocycles. The first-order valence-corrected chi connectivity index (χ1v) is 13.7. The first kappa shape index (κ1) is 36.7. The highest BCUT2D eigenvalue weighted by molar-refractivity contribution is 6.30. The molecular formula is C28H39Cl2N5O7. The normalized spacial score (nSPS) is 10.8. The number of ether oxygens (including phenoxy) is 6. The lowest BCUT2D eigenvalue weighted by molar-refractivity contribution is -0.727. The van der Waals surface area contributed by atoms with E-state index in [4.69, 9.17) is 51.0 Å². The van der Waals surface area contributed by atoms with Gasteiger partial charge in [-0.05, 0) is 37.1 Å². The number of anilines is 1. The third-order valence-corrected chi connectivity index (χ3v) is 5.82. The lowest BCUT2D eigenvalue weighted by atomic mass is 10.2. The SMILES string of the molecule is COCCOCCOCCOC(=O)OC[n+]1ccc(N(CCCCCCOc2ccc(Cl)cc2)C(N)=NC#N)cc1.[Cl-]. The van der Waals surface area contributed by atoms with Crippen molar-refractivity contribution in [2.24, 2.45) is 10.7 Å². The summed E-state index contributed by atoms with van der Waals surface area (Å²) in [5.74, 6) is 0.908. The van der Waals surface area contributed by atoms with Crippen LogP contribution in [0.4, 0.5) is 10.5 Å². The first-order valence-electron chi connectivity index (χ1n) is 13.3. The second-order valence-corrected chi connectivity index (χ2v) is 9.03. The minimum absolute atomic E-state index is 0. The summed E-state index contributed by atoms with van der Waals surface area (Å²) in [6.45, 7) is 3.35. The lowest BCUT2D eigenvalue weighted by Gasteiger charge is -2.22. The van der Waals surface area contributed by atoms with Crippen molar-refractivity contribution in [3.63, 3.8) is 0 Å². The fourth-order valence-corrected chi connectivity index (χ4v) is 3.59. The fourth-order valence-electron chi connectivity index (χ4n) is 3.47. The number of rotatable bonds is 20. The number of halogens is 2. The van der Waals surface area contributed by atoms with Crippen LogP contribution in [0.25, 0.3) is 0 Å². The van der Waals surface area contributed by atoms with E-state index in [2.05, 4.69) is 4.99 Å². The van der Waals surface area contributed by atoms with Crippen molar-refractivity contribution in [1.82, 2.24) is 0 Å². The Hall–Kier alpha value is -3.34. The lowest BCUT2D eigenvalue weighted by Crippen LogP contribution is -3.00. The number of benzene rings is 1. The Morgan fingerprint density at radius 2 is 1.57 bits per heavy atom. The number of guanidine groups is 1. The van der Waals surface area contributed by atoms with Gasteiger partial charge in [-0.25, -0.2) is 4.79 Å². The smallest absolute Gasteiger partial charge is 0.513 e. The third kappa shape index (κ3) is 16.2. The monoisotopic (exact) mass is 627 g/mol. The molecular weight excluding hydrogens is 589 g/mol. The number of aromatic nitrogens is 1. The molecule has 0 spiro atoms. The summed E-state index contributed by atoms with van der Waals surface area (Å²) in [5, 5.41) is 9.65. The Kier molecular flexibility index (Phi) is 20.3. The van der Waals surface area contributed by atoms with Crippen LogP contribution in [0.5, 0.6) is 5.75 Å². The summed E-state index contributed by atoms with van der Waals surface area (Å²) in [7, 11) is 1.61. The van der Waals surface area contributed by atoms with Crippen molar-refractivity contribution in [2.75, 3.05) is 64.8 Å². The Labute approximate surface area is 258 Å². The molecule has 0 fully saturated rings. The Balaban J connectivity index is 0.00000882. The number of pyridine rings is 1. The van der Waals surface area contributed by atoms with E-state index >= 15 is 0 Å². The van der Waals surface area contributed by atoms with Gasteiger partial charge in [0.25, 0.3) is 6.73 Å². The van der Waals surface area contributed by atoms with Crippen LogP contribution in [-0.4, -0.2) is 72.0 Å². The number of nitrogens with two attached hydrogens (primary N) is 1. The summed E-state index contributed by atoms with van der Waals surface area (Å²) in [4.78, 5) is 17.3. The van der Waals surface area contributed by atoms with Crippen molar-refractivity contribution in [3.8, 4) is 11.9 Å². The summed E-state index contributed by atoms with van der Waals surface area (Å²) >= 11 is 5.89. The average Bonchev–Trinajstić information content (AvgIpc) is 2.98. The van der Waals surface area contributed by atoms with Crippen molar-refractivity contribution in [3.05, 3.63) is 53.8 Å². The number of aliphatic imine (C=N–C) groups is 1. The molecule has 0 aliphatic carbocycles. The molecule has 0 aliphatic rings. The first-order chi connectivity index (χ1) is 20.0. The van der Waals surface area contributed by atoms with E-state index in [1.54, 1.807) is 59.4 Å². The molecule has 0 atom stereocenters. The molecule has 1 aromatic carbocycles. The third-order valence-electron chi connectivity index (χ3n) is 5.57. The highest BCUT2D eigenvalue weighted by Gasteiger charge is 2.14. The molecule has 0 amide bonds. The number of carbonyl (C=O) groups is 1. The van der Waals surface area contributed by atoms with E-state index in [9.17, 15) is 4.79 Å². The van der Waals surface area contributed by atoms with Gasteiger partial charge in [0.15, 0.2) is 12.4 Å². The minimum atomic E-state index is -0.799. The van der Waals surface area contributed by atoms with Gasteiger partial charge < -0.3 is 51.5 Å². The standard InChI is InChI=1S/C28H39ClN5O7.ClH/c1-36-16-17-37-18-19-38-20-21-40-28(35)41-23-33-13-10-25(11-14-33)34(27(31)32-22-30)12-4-2-3-5-15-39-26-8-6-24(29)7-9-26;/h6-11,13-14H,2-5,12,15-21,23H2,1H3,(H2,31,32);1H/q+1;/p-1. The molecule has 0 unspecified atom stereocenters. The van der Waals surface area contributed by atoms with Gasteiger partial charge in [-0.15, -0.1) is 4.99 Å². The Morgan fingerprint density at radius 1 is 0.929 bits per heavy atom. The molecule has 0 bridgehead atoms. The molecule has 0 saturated heterocycles. The topological polar surface area (TPSA) is 142 Å². The molecule has 14 heteroatoms. The zero-order chi connectivity index (χ0) is 29.5. The van der Waals surface area contributed by atoms with Gasteiger partial charge in [-0.2, -0.15) is 9.83 Å². The van der Waals surface area contributed by atoms with Crippen molar-refractivity contribution >= 4 is 29.4 Å². The van der Waals surface area contributed by atoms with Crippen LogP contribution in [-0.2, 0) is 30.4 Å². The number of nitriles is 1. The maximum atomic E-state index is 11.8. The van der Waals surface area contributed by atoms with Crippen LogP contribution >= 0.6 is 11.6 Å². The van der Waals surface area contributed by atoms with E-state index < -0.39 is 6.16 Å². The molecule has 2 N–H and O–H groups in total. The van der Waals surface area contributed by atoms with Crippen molar-refractivity contribution in [2.45, 2.75) is 32.4 Å². The molecule has 0 radical (unpaired) electrons. The second kappa shape index (κ2) is 23.2. The van der Waals surface area contributed by atoms with Gasteiger partial charge >= 0.3 is 6.16 Å². The van der Waals surface area contributed by atoms with Crippen LogP contribution in [0, 0.1) is 11.5 Å². The van der Waals surface area contributed by atoms with Crippen LogP contribution in [0.1, 0.15) is 25.7 Å². The van der Waals surface area contributed by atoms with Crippen LogP contribution in [0.15, 0.2) is 53.8 Å². The summed E-state index contributed by atoms with van der Waals surface area (Å²) < 4.78 is 33.0. The molecule has 2 rings (SSSR count). The Bertz CT molecular complexity index is 1070. The van der Waals surface area contributed by atoms with Crippen LogP contribution < -0.4 is 32.3 Å². The fraction of sp³-hybridized carbons (Fsp3) is 0.500. The number of nitrogens with zero attached hydrogens (tertiary/aromatic N) is 4.